The van der Waals surface area contributed by atoms with Gasteiger partial charge in [-0.1, -0.05) is 19.4 Å². The van der Waals surface area contributed by atoms with Gasteiger partial charge in [0.25, 0.3) is 0 Å². The van der Waals surface area contributed by atoms with Gasteiger partial charge < -0.3 is 10.1 Å². The molecule has 0 spiro atoms. The summed E-state index contributed by atoms with van der Waals surface area (Å²) in [5, 5.41) is 3.36. The molecule has 1 aromatic carbocycles. The molecular weight excluding hydrogens is 174 g/mol. The standard InChI is InChI=1S/C12H19NO/c1-3-5-9-13-11-7-6-8-12(10-11)14-4-2/h6-8,10,13H,3-5,9H2,1-2H3. The third kappa shape index (κ3) is 3.69. The van der Waals surface area contributed by atoms with Gasteiger partial charge in [0.1, 0.15) is 5.75 Å². The third-order valence-electron chi connectivity index (χ3n) is 2.00. The van der Waals surface area contributed by atoms with Gasteiger partial charge in [0, 0.05) is 18.3 Å². The smallest absolute Gasteiger partial charge is 0.121 e. The van der Waals surface area contributed by atoms with Crippen LogP contribution in [0.15, 0.2) is 24.3 Å². The van der Waals surface area contributed by atoms with E-state index in [4.69, 9.17) is 4.74 Å². The van der Waals surface area contributed by atoms with Gasteiger partial charge in [-0.25, -0.2) is 0 Å². The van der Waals surface area contributed by atoms with E-state index in [0.717, 1.165) is 24.6 Å². The summed E-state index contributed by atoms with van der Waals surface area (Å²) < 4.78 is 5.41. The van der Waals surface area contributed by atoms with Crippen molar-refractivity contribution in [1.29, 1.82) is 0 Å². The number of nitrogens with one attached hydrogen (secondary N) is 1. The van der Waals surface area contributed by atoms with Gasteiger partial charge in [-0.15, -0.1) is 0 Å². The summed E-state index contributed by atoms with van der Waals surface area (Å²) in [6, 6.07) is 8.10. The van der Waals surface area contributed by atoms with Gasteiger partial charge >= 0.3 is 0 Å². The maximum atomic E-state index is 5.41. The van der Waals surface area contributed by atoms with Gasteiger partial charge in [0.2, 0.25) is 0 Å². The lowest BCUT2D eigenvalue weighted by atomic mass is 10.3. The minimum absolute atomic E-state index is 0.721. The average molecular weight is 193 g/mol. The summed E-state index contributed by atoms with van der Waals surface area (Å²) in [6.45, 7) is 5.94. The number of rotatable bonds is 6. The number of unbranched alkanes of at least 4 members (excludes halogenated alkanes) is 1. The highest BCUT2D eigenvalue weighted by atomic mass is 16.5. The van der Waals surface area contributed by atoms with Crippen molar-refractivity contribution in [1.82, 2.24) is 0 Å². The van der Waals surface area contributed by atoms with E-state index in [-0.39, 0.29) is 0 Å². The van der Waals surface area contributed by atoms with E-state index in [2.05, 4.69) is 18.3 Å². The van der Waals surface area contributed by atoms with Gasteiger partial charge in [-0.3, -0.25) is 0 Å². The molecular formula is C12H19NO. The van der Waals surface area contributed by atoms with Crippen molar-refractivity contribution >= 4 is 5.69 Å². The predicted molar refractivity (Wildman–Crippen MR) is 61.0 cm³/mol. The second-order valence-corrected chi connectivity index (χ2v) is 3.24. The summed E-state index contributed by atoms with van der Waals surface area (Å²) in [5.74, 6) is 0.939. The number of hydrogen-bond donors (Lipinski definition) is 1. The van der Waals surface area contributed by atoms with Crippen LogP contribution in [-0.2, 0) is 0 Å². The first kappa shape index (κ1) is 10.9. The van der Waals surface area contributed by atoms with Crippen LogP contribution in [0.2, 0.25) is 0 Å². The second-order valence-electron chi connectivity index (χ2n) is 3.24. The maximum absolute atomic E-state index is 5.41. The zero-order chi connectivity index (χ0) is 10.2. The zero-order valence-electron chi connectivity index (χ0n) is 9.05. The van der Waals surface area contributed by atoms with E-state index in [1.54, 1.807) is 0 Å². The van der Waals surface area contributed by atoms with E-state index >= 15 is 0 Å². The molecule has 2 heteroatoms. The molecule has 0 heterocycles. The molecule has 0 bridgehead atoms. The highest BCUT2D eigenvalue weighted by molar-refractivity contribution is 5.48. The lowest BCUT2D eigenvalue weighted by molar-refractivity contribution is 0.340. The van der Waals surface area contributed by atoms with E-state index in [1.165, 1.54) is 12.8 Å². The Kier molecular flexibility index (Phi) is 4.90. The van der Waals surface area contributed by atoms with E-state index < -0.39 is 0 Å². The molecule has 0 aromatic heterocycles. The molecule has 0 saturated heterocycles. The summed E-state index contributed by atoms with van der Waals surface area (Å²) in [5.41, 5.74) is 1.14. The number of hydrogen-bond acceptors (Lipinski definition) is 2. The normalized spacial score (nSPS) is 9.86. The van der Waals surface area contributed by atoms with Crippen molar-refractivity contribution in [2.24, 2.45) is 0 Å². The van der Waals surface area contributed by atoms with Crippen LogP contribution in [0.25, 0.3) is 0 Å². The fourth-order valence-corrected chi connectivity index (χ4v) is 1.27. The van der Waals surface area contributed by atoms with Gasteiger partial charge in [-0.2, -0.15) is 0 Å². The molecule has 0 atom stereocenters. The Labute approximate surface area is 86.3 Å². The Morgan fingerprint density at radius 2 is 2.14 bits per heavy atom. The molecule has 1 aromatic rings. The molecule has 1 rings (SSSR count). The molecule has 0 aliphatic carbocycles. The minimum atomic E-state index is 0.721. The van der Waals surface area contributed by atoms with Gasteiger partial charge in [0.05, 0.1) is 6.61 Å². The van der Waals surface area contributed by atoms with Crippen molar-refractivity contribution in [2.45, 2.75) is 26.7 Å². The van der Waals surface area contributed by atoms with E-state index in [1.807, 2.05) is 25.1 Å². The quantitative estimate of drug-likeness (QED) is 0.700. The molecule has 2 nitrogen and oxygen atoms in total. The monoisotopic (exact) mass is 193 g/mol. The van der Waals surface area contributed by atoms with Gasteiger partial charge in [-0.05, 0) is 25.5 Å². The molecule has 1 N–H and O–H groups in total. The van der Waals surface area contributed by atoms with Crippen LogP contribution in [0.3, 0.4) is 0 Å². The molecule has 0 amide bonds. The topological polar surface area (TPSA) is 21.3 Å². The summed E-state index contributed by atoms with van der Waals surface area (Å²) >= 11 is 0. The highest BCUT2D eigenvalue weighted by Crippen LogP contribution is 2.17. The Morgan fingerprint density at radius 3 is 2.86 bits per heavy atom. The fourth-order valence-electron chi connectivity index (χ4n) is 1.27. The van der Waals surface area contributed by atoms with Crippen LogP contribution in [0.1, 0.15) is 26.7 Å². The molecule has 0 unspecified atom stereocenters. The first-order valence-electron chi connectivity index (χ1n) is 5.33. The van der Waals surface area contributed by atoms with Crippen LogP contribution in [-0.4, -0.2) is 13.2 Å². The zero-order valence-corrected chi connectivity index (χ0v) is 9.05. The molecule has 0 aliphatic heterocycles. The predicted octanol–water partition coefficient (Wildman–Crippen LogP) is 3.30. The van der Waals surface area contributed by atoms with E-state index in [0.29, 0.717) is 0 Å². The molecule has 0 saturated carbocycles. The Bertz CT molecular complexity index is 260. The molecule has 78 valence electrons. The van der Waals surface area contributed by atoms with Crippen LogP contribution in [0.4, 0.5) is 5.69 Å². The summed E-state index contributed by atoms with van der Waals surface area (Å²) in [6.07, 6.45) is 2.43. The Balaban J connectivity index is 2.46. The molecule has 14 heavy (non-hydrogen) atoms. The van der Waals surface area contributed by atoms with Crippen LogP contribution >= 0.6 is 0 Å². The molecule has 0 radical (unpaired) electrons. The fraction of sp³-hybridized carbons (Fsp3) is 0.500. The average Bonchev–Trinajstić information content (AvgIpc) is 2.19. The first-order valence-corrected chi connectivity index (χ1v) is 5.33. The molecule has 0 aliphatic rings. The summed E-state index contributed by atoms with van der Waals surface area (Å²) in [4.78, 5) is 0. The number of anilines is 1. The maximum Gasteiger partial charge on any atom is 0.121 e. The van der Waals surface area contributed by atoms with Crippen molar-refractivity contribution in [3.05, 3.63) is 24.3 Å². The molecule has 0 fully saturated rings. The van der Waals surface area contributed by atoms with Crippen molar-refractivity contribution in [3.8, 4) is 5.75 Å². The van der Waals surface area contributed by atoms with Crippen molar-refractivity contribution in [3.63, 3.8) is 0 Å². The van der Waals surface area contributed by atoms with Crippen LogP contribution < -0.4 is 10.1 Å². The third-order valence-corrected chi connectivity index (χ3v) is 2.00. The number of benzene rings is 1. The highest BCUT2D eigenvalue weighted by Gasteiger charge is 1.94. The van der Waals surface area contributed by atoms with Crippen molar-refractivity contribution < 1.29 is 4.74 Å². The van der Waals surface area contributed by atoms with Crippen LogP contribution in [0, 0.1) is 0 Å². The minimum Gasteiger partial charge on any atom is -0.494 e. The Hall–Kier alpha value is -1.18. The van der Waals surface area contributed by atoms with Crippen molar-refractivity contribution in [2.75, 3.05) is 18.5 Å². The first-order chi connectivity index (χ1) is 6.86. The SMILES string of the molecule is CCCCNc1cccc(OCC)c1. The number of ether oxygens (including phenoxy) is 1. The Morgan fingerprint density at radius 1 is 1.29 bits per heavy atom. The second kappa shape index (κ2) is 6.30. The summed E-state index contributed by atoms with van der Waals surface area (Å²) in [7, 11) is 0. The lowest BCUT2D eigenvalue weighted by Crippen LogP contribution is -2.01. The largest absolute Gasteiger partial charge is 0.494 e. The van der Waals surface area contributed by atoms with Gasteiger partial charge in [0.15, 0.2) is 0 Å². The van der Waals surface area contributed by atoms with Crippen LogP contribution in [0.5, 0.6) is 5.75 Å². The van der Waals surface area contributed by atoms with E-state index in [9.17, 15) is 0 Å². The lowest BCUT2D eigenvalue weighted by Gasteiger charge is -2.07.